The molecule has 2 unspecified atom stereocenters. The number of hydrogen-bond acceptors (Lipinski definition) is 5. The van der Waals surface area contributed by atoms with Crippen LogP contribution in [0.1, 0.15) is 29.5 Å². The van der Waals surface area contributed by atoms with Crippen molar-refractivity contribution in [2.24, 2.45) is 0 Å². The summed E-state index contributed by atoms with van der Waals surface area (Å²) >= 11 is 0.508. The fourth-order valence-electron chi connectivity index (χ4n) is 2.45. The van der Waals surface area contributed by atoms with E-state index in [1.807, 2.05) is 30.3 Å². The van der Waals surface area contributed by atoms with Gasteiger partial charge >= 0.3 is 6.18 Å². The molecule has 8 heteroatoms. The summed E-state index contributed by atoms with van der Waals surface area (Å²) in [6, 6.07) is 9.27. The highest BCUT2D eigenvalue weighted by Gasteiger charge is 2.36. The second-order valence-electron chi connectivity index (χ2n) is 4.99. The van der Waals surface area contributed by atoms with Crippen molar-refractivity contribution in [2.45, 2.75) is 31.2 Å². The Morgan fingerprint density at radius 3 is 2.59 bits per heavy atom. The number of aromatic nitrogens is 2. The molecule has 118 valence electrons. The Morgan fingerprint density at radius 1 is 1.23 bits per heavy atom. The van der Waals surface area contributed by atoms with E-state index in [0.29, 0.717) is 17.9 Å². The van der Waals surface area contributed by atoms with Crippen LogP contribution in [-0.4, -0.2) is 22.9 Å². The summed E-state index contributed by atoms with van der Waals surface area (Å²) in [7, 11) is 0. The molecule has 3 rings (SSSR count). The lowest BCUT2D eigenvalue weighted by Crippen LogP contribution is -2.25. The predicted octanol–water partition coefficient (Wildman–Crippen LogP) is 3.89. The van der Waals surface area contributed by atoms with Crippen LogP contribution in [0, 0.1) is 0 Å². The van der Waals surface area contributed by atoms with E-state index in [4.69, 9.17) is 4.74 Å². The number of ether oxygens (including phenoxy) is 1. The highest BCUT2D eigenvalue weighted by atomic mass is 32.1. The molecule has 0 radical (unpaired) electrons. The lowest BCUT2D eigenvalue weighted by molar-refractivity contribution is -0.138. The Morgan fingerprint density at radius 2 is 2.00 bits per heavy atom. The van der Waals surface area contributed by atoms with Crippen LogP contribution in [0.2, 0.25) is 0 Å². The van der Waals surface area contributed by atoms with Gasteiger partial charge in [-0.2, -0.15) is 13.2 Å². The van der Waals surface area contributed by atoms with Gasteiger partial charge in [0.15, 0.2) is 0 Å². The number of alkyl halides is 3. The molecule has 0 aliphatic carbocycles. The van der Waals surface area contributed by atoms with Crippen LogP contribution in [0.3, 0.4) is 0 Å². The minimum Gasteiger partial charge on any atom is -0.376 e. The van der Waals surface area contributed by atoms with Crippen molar-refractivity contribution in [3.05, 3.63) is 40.9 Å². The molecular formula is C14H14F3N3OS. The van der Waals surface area contributed by atoms with Gasteiger partial charge in [0.2, 0.25) is 10.1 Å². The van der Waals surface area contributed by atoms with Crippen LogP contribution < -0.4 is 5.32 Å². The molecule has 1 aromatic heterocycles. The standard InChI is InChI=1S/C14H14F3N3OS/c15-14(16,17)12-19-20-13(22-12)18-11(10-7-4-8-21-10)9-5-2-1-3-6-9/h1-3,5-6,10-11H,4,7-8H2,(H,18,20). The fourth-order valence-corrected chi connectivity index (χ4v) is 3.09. The van der Waals surface area contributed by atoms with Gasteiger partial charge in [-0.1, -0.05) is 41.7 Å². The van der Waals surface area contributed by atoms with Crippen LogP contribution in [-0.2, 0) is 10.9 Å². The largest absolute Gasteiger partial charge is 0.445 e. The first-order chi connectivity index (χ1) is 10.5. The zero-order chi connectivity index (χ0) is 15.6. The van der Waals surface area contributed by atoms with E-state index in [0.717, 1.165) is 18.4 Å². The van der Waals surface area contributed by atoms with Gasteiger partial charge in [-0.15, -0.1) is 10.2 Å². The molecule has 2 heterocycles. The Kier molecular flexibility index (Phi) is 4.30. The first-order valence-corrected chi connectivity index (χ1v) is 7.69. The zero-order valence-corrected chi connectivity index (χ0v) is 12.3. The number of benzene rings is 1. The van der Waals surface area contributed by atoms with Crippen molar-refractivity contribution in [3.63, 3.8) is 0 Å². The third kappa shape index (κ3) is 3.38. The number of anilines is 1. The molecule has 1 aliphatic rings. The summed E-state index contributed by atoms with van der Waals surface area (Å²) in [6.45, 7) is 0.666. The summed E-state index contributed by atoms with van der Waals surface area (Å²) in [5, 5.41) is 9.05. The molecule has 2 aromatic rings. The van der Waals surface area contributed by atoms with Gasteiger partial charge in [0.05, 0.1) is 12.1 Å². The summed E-state index contributed by atoms with van der Waals surface area (Å²) in [5.74, 6) is 0. The molecule has 2 atom stereocenters. The molecule has 1 fully saturated rings. The Balaban J connectivity index is 1.82. The summed E-state index contributed by atoms with van der Waals surface area (Å²) in [6.07, 6.45) is -2.75. The first-order valence-electron chi connectivity index (χ1n) is 6.88. The Labute approximate surface area is 129 Å². The second kappa shape index (κ2) is 6.21. The maximum atomic E-state index is 12.6. The van der Waals surface area contributed by atoms with Crippen LogP contribution in [0.4, 0.5) is 18.3 Å². The molecule has 4 nitrogen and oxygen atoms in total. The summed E-state index contributed by atoms with van der Waals surface area (Å²) in [5.41, 5.74) is 0.957. The zero-order valence-electron chi connectivity index (χ0n) is 11.5. The molecule has 0 amide bonds. The third-order valence-electron chi connectivity index (χ3n) is 3.44. The summed E-state index contributed by atoms with van der Waals surface area (Å²) in [4.78, 5) is 0. The minimum absolute atomic E-state index is 0.0827. The van der Waals surface area contributed by atoms with Crippen LogP contribution >= 0.6 is 11.3 Å². The van der Waals surface area contributed by atoms with Crippen molar-refractivity contribution in [1.82, 2.24) is 10.2 Å². The average Bonchev–Trinajstić information content (AvgIpc) is 3.16. The number of nitrogens with one attached hydrogen (secondary N) is 1. The normalized spacial score (nSPS) is 20.0. The Bertz CT molecular complexity index is 611. The predicted molar refractivity (Wildman–Crippen MR) is 76.7 cm³/mol. The van der Waals surface area contributed by atoms with Gasteiger partial charge in [0, 0.05) is 6.61 Å². The molecule has 0 spiro atoms. The van der Waals surface area contributed by atoms with Crippen molar-refractivity contribution in [2.75, 3.05) is 11.9 Å². The average molecular weight is 329 g/mol. The lowest BCUT2D eigenvalue weighted by Gasteiger charge is -2.24. The monoisotopic (exact) mass is 329 g/mol. The van der Waals surface area contributed by atoms with Crippen molar-refractivity contribution in [1.29, 1.82) is 0 Å². The number of halogens is 3. The molecule has 1 N–H and O–H groups in total. The molecular weight excluding hydrogens is 315 g/mol. The van der Waals surface area contributed by atoms with Gasteiger partial charge in [-0.3, -0.25) is 0 Å². The van der Waals surface area contributed by atoms with Gasteiger partial charge in [-0.25, -0.2) is 0 Å². The van der Waals surface area contributed by atoms with Gasteiger partial charge in [0.1, 0.15) is 0 Å². The SMILES string of the molecule is FC(F)(F)c1nnc(NC(c2ccccc2)C2CCCO2)s1. The highest BCUT2D eigenvalue weighted by Crippen LogP contribution is 2.36. The van der Waals surface area contributed by atoms with Crippen molar-refractivity contribution < 1.29 is 17.9 Å². The maximum absolute atomic E-state index is 12.6. The van der Waals surface area contributed by atoms with Crippen LogP contribution in [0.5, 0.6) is 0 Å². The highest BCUT2D eigenvalue weighted by molar-refractivity contribution is 7.15. The van der Waals surface area contributed by atoms with E-state index >= 15 is 0 Å². The van der Waals surface area contributed by atoms with Gasteiger partial charge < -0.3 is 10.1 Å². The van der Waals surface area contributed by atoms with Crippen LogP contribution in [0.25, 0.3) is 0 Å². The second-order valence-corrected chi connectivity index (χ2v) is 5.97. The minimum atomic E-state index is -4.47. The number of rotatable bonds is 4. The van der Waals surface area contributed by atoms with E-state index < -0.39 is 11.2 Å². The molecule has 22 heavy (non-hydrogen) atoms. The van der Waals surface area contributed by atoms with E-state index in [9.17, 15) is 13.2 Å². The van der Waals surface area contributed by atoms with E-state index in [2.05, 4.69) is 15.5 Å². The van der Waals surface area contributed by atoms with Gasteiger partial charge in [0.25, 0.3) is 0 Å². The van der Waals surface area contributed by atoms with E-state index in [1.165, 1.54) is 0 Å². The quantitative estimate of drug-likeness (QED) is 0.924. The number of nitrogens with zero attached hydrogens (tertiary/aromatic N) is 2. The topological polar surface area (TPSA) is 47.0 Å². The van der Waals surface area contributed by atoms with Gasteiger partial charge in [-0.05, 0) is 18.4 Å². The number of hydrogen-bond donors (Lipinski definition) is 1. The van der Waals surface area contributed by atoms with E-state index in [-0.39, 0.29) is 17.3 Å². The fraction of sp³-hybridized carbons (Fsp3) is 0.429. The molecule has 0 bridgehead atoms. The van der Waals surface area contributed by atoms with Crippen molar-refractivity contribution in [3.8, 4) is 0 Å². The molecule has 1 saturated heterocycles. The Hall–Kier alpha value is -1.67. The van der Waals surface area contributed by atoms with E-state index in [1.54, 1.807) is 0 Å². The lowest BCUT2D eigenvalue weighted by atomic mass is 10.00. The third-order valence-corrected chi connectivity index (χ3v) is 4.34. The smallest absolute Gasteiger partial charge is 0.376 e. The first kappa shape index (κ1) is 15.2. The van der Waals surface area contributed by atoms with Crippen molar-refractivity contribution >= 4 is 16.5 Å². The molecule has 0 saturated carbocycles. The summed E-state index contributed by atoms with van der Waals surface area (Å²) < 4.78 is 43.5. The van der Waals surface area contributed by atoms with Crippen LogP contribution in [0.15, 0.2) is 30.3 Å². The molecule has 1 aliphatic heterocycles. The maximum Gasteiger partial charge on any atom is 0.445 e. The molecule has 1 aromatic carbocycles.